The lowest BCUT2D eigenvalue weighted by Crippen LogP contribution is -2.33. The molecule has 0 aliphatic heterocycles. The van der Waals surface area contributed by atoms with Gasteiger partial charge in [0.25, 0.3) is 0 Å². The molecule has 1 N–H and O–H groups in total. The van der Waals surface area contributed by atoms with Crippen LogP contribution in [-0.4, -0.2) is 42.9 Å². The molecule has 0 bridgehead atoms. The second kappa shape index (κ2) is 11.2. The van der Waals surface area contributed by atoms with E-state index in [9.17, 15) is 9.59 Å². The van der Waals surface area contributed by atoms with Crippen molar-refractivity contribution in [2.24, 2.45) is 0 Å². The van der Waals surface area contributed by atoms with Crippen molar-refractivity contribution >= 4 is 23.2 Å². The van der Waals surface area contributed by atoms with Crippen molar-refractivity contribution in [3.8, 4) is 0 Å². The largest absolute Gasteiger partial charge is 0.372 e. The number of nitrogens with zero attached hydrogens (tertiary/aromatic N) is 2. The van der Waals surface area contributed by atoms with Gasteiger partial charge >= 0.3 is 0 Å². The number of carbonyl (C=O) groups is 2. The highest BCUT2D eigenvalue weighted by Crippen LogP contribution is 2.22. The number of amides is 2. The molecule has 0 unspecified atom stereocenters. The van der Waals surface area contributed by atoms with Gasteiger partial charge in [-0.15, -0.1) is 0 Å². The summed E-state index contributed by atoms with van der Waals surface area (Å²) in [6.45, 7) is 10.8. The maximum absolute atomic E-state index is 12.4. The summed E-state index contributed by atoms with van der Waals surface area (Å²) < 4.78 is 0. The van der Waals surface area contributed by atoms with Crippen molar-refractivity contribution < 1.29 is 9.59 Å². The molecule has 0 saturated carbocycles. The fourth-order valence-corrected chi connectivity index (χ4v) is 3.36. The Labute approximate surface area is 174 Å². The van der Waals surface area contributed by atoms with Crippen molar-refractivity contribution in [3.05, 3.63) is 59.7 Å². The molecule has 0 atom stereocenters. The Balaban J connectivity index is 1.89. The summed E-state index contributed by atoms with van der Waals surface area (Å²) in [4.78, 5) is 28.4. The summed E-state index contributed by atoms with van der Waals surface area (Å²) >= 11 is 0. The summed E-state index contributed by atoms with van der Waals surface area (Å²) in [7, 11) is 0. The molecule has 2 rings (SSSR count). The van der Waals surface area contributed by atoms with E-state index in [0.29, 0.717) is 13.1 Å². The van der Waals surface area contributed by atoms with Crippen LogP contribution >= 0.6 is 0 Å². The quantitative estimate of drug-likeness (QED) is 0.654. The van der Waals surface area contributed by atoms with E-state index in [1.165, 1.54) is 5.56 Å². The average Bonchev–Trinajstić information content (AvgIpc) is 2.71. The van der Waals surface area contributed by atoms with E-state index < -0.39 is 0 Å². The lowest BCUT2D eigenvalue weighted by molar-refractivity contribution is -0.129. The standard InChI is InChI=1S/C24H33N3O2/c1-5-26(6-2)22-12-13-23(19(3)18-22)25-24(29)15-17-27(20(4)28)16-14-21-10-8-7-9-11-21/h7-13,18H,5-6,14-17H2,1-4H3,(H,25,29). The highest BCUT2D eigenvalue weighted by Gasteiger charge is 2.13. The molecule has 2 aromatic carbocycles. The fraction of sp³-hybridized carbons (Fsp3) is 0.417. The topological polar surface area (TPSA) is 52.7 Å². The van der Waals surface area contributed by atoms with Crippen molar-refractivity contribution in [3.63, 3.8) is 0 Å². The van der Waals surface area contributed by atoms with E-state index in [0.717, 1.165) is 36.4 Å². The molecule has 156 valence electrons. The monoisotopic (exact) mass is 395 g/mol. The Kier molecular flexibility index (Phi) is 8.71. The maximum Gasteiger partial charge on any atom is 0.226 e. The van der Waals surface area contributed by atoms with E-state index in [1.54, 1.807) is 11.8 Å². The number of benzene rings is 2. The van der Waals surface area contributed by atoms with E-state index >= 15 is 0 Å². The normalized spacial score (nSPS) is 10.5. The first-order valence-corrected chi connectivity index (χ1v) is 10.4. The molecular formula is C24H33N3O2. The van der Waals surface area contributed by atoms with Gasteiger partial charge in [0.2, 0.25) is 11.8 Å². The predicted molar refractivity (Wildman–Crippen MR) is 120 cm³/mol. The third kappa shape index (κ3) is 6.93. The summed E-state index contributed by atoms with van der Waals surface area (Å²) in [6, 6.07) is 16.2. The van der Waals surface area contributed by atoms with Crippen LogP contribution in [0.1, 0.15) is 38.3 Å². The van der Waals surface area contributed by atoms with Gasteiger partial charge in [0.15, 0.2) is 0 Å². The molecule has 29 heavy (non-hydrogen) atoms. The summed E-state index contributed by atoms with van der Waals surface area (Å²) in [5.41, 5.74) is 4.21. The third-order valence-electron chi connectivity index (χ3n) is 5.18. The molecule has 5 heteroatoms. The number of hydrogen-bond donors (Lipinski definition) is 1. The predicted octanol–water partition coefficient (Wildman–Crippen LogP) is 4.26. The first kappa shape index (κ1) is 22.5. The molecule has 5 nitrogen and oxygen atoms in total. The molecule has 0 fully saturated rings. The SMILES string of the molecule is CCN(CC)c1ccc(NC(=O)CCN(CCc2ccccc2)C(C)=O)c(C)c1. The van der Waals surface area contributed by atoms with Gasteiger partial charge in [0.05, 0.1) is 0 Å². The van der Waals surface area contributed by atoms with Crippen LogP contribution in [0.3, 0.4) is 0 Å². The Bertz CT molecular complexity index is 801. The van der Waals surface area contributed by atoms with Crippen LogP contribution in [0, 0.1) is 6.92 Å². The number of nitrogens with one attached hydrogen (secondary N) is 1. The van der Waals surface area contributed by atoms with E-state index in [1.807, 2.05) is 37.3 Å². The minimum atomic E-state index is -0.0744. The minimum absolute atomic E-state index is 0.00603. The fourth-order valence-electron chi connectivity index (χ4n) is 3.36. The molecule has 0 aromatic heterocycles. The van der Waals surface area contributed by atoms with E-state index in [4.69, 9.17) is 0 Å². The van der Waals surface area contributed by atoms with E-state index in [-0.39, 0.29) is 18.2 Å². The zero-order chi connectivity index (χ0) is 21.2. The second-order valence-electron chi connectivity index (χ2n) is 7.21. The molecule has 0 aliphatic carbocycles. The number of hydrogen-bond acceptors (Lipinski definition) is 3. The lowest BCUT2D eigenvalue weighted by Gasteiger charge is -2.23. The Hall–Kier alpha value is -2.82. The zero-order valence-electron chi connectivity index (χ0n) is 18.1. The third-order valence-corrected chi connectivity index (χ3v) is 5.18. The lowest BCUT2D eigenvalue weighted by atomic mass is 10.1. The van der Waals surface area contributed by atoms with Gasteiger partial charge in [-0.1, -0.05) is 30.3 Å². The average molecular weight is 396 g/mol. The van der Waals surface area contributed by atoms with Gasteiger partial charge in [-0.3, -0.25) is 9.59 Å². The smallest absolute Gasteiger partial charge is 0.226 e. The highest BCUT2D eigenvalue weighted by molar-refractivity contribution is 5.92. The number of rotatable bonds is 10. The van der Waals surface area contributed by atoms with Crippen molar-refractivity contribution in [1.29, 1.82) is 0 Å². The first-order chi connectivity index (χ1) is 13.9. The van der Waals surface area contributed by atoms with Gasteiger partial charge in [0, 0.05) is 50.9 Å². The maximum atomic E-state index is 12.4. The van der Waals surface area contributed by atoms with Crippen molar-refractivity contribution in [2.75, 3.05) is 36.4 Å². The Morgan fingerprint density at radius 3 is 2.24 bits per heavy atom. The van der Waals surface area contributed by atoms with Gasteiger partial charge in [0.1, 0.15) is 0 Å². The molecule has 2 aromatic rings. The minimum Gasteiger partial charge on any atom is -0.372 e. The molecule has 0 aliphatic rings. The molecule has 0 spiro atoms. The number of carbonyl (C=O) groups excluding carboxylic acids is 2. The van der Waals surface area contributed by atoms with Gasteiger partial charge in [-0.05, 0) is 56.5 Å². The number of anilines is 2. The van der Waals surface area contributed by atoms with Crippen molar-refractivity contribution in [2.45, 2.75) is 40.5 Å². The van der Waals surface area contributed by atoms with Crippen LogP contribution in [0.25, 0.3) is 0 Å². The highest BCUT2D eigenvalue weighted by atomic mass is 16.2. The van der Waals surface area contributed by atoms with Gasteiger partial charge < -0.3 is 15.1 Å². The van der Waals surface area contributed by atoms with Gasteiger partial charge in [-0.2, -0.15) is 0 Å². The first-order valence-electron chi connectivity index (χ1n) is 10.4. The number of aryl methyl sites for hydroxylation is 1. The molecule has 0 heterocycles. The van der Waals surface area contributed by atoms with Crippen LogP contribution in [0.4, 0.5) is 11.4 Å². The zero-order valence-corrected chi connectivity index (χ0v) is 18.1. The van der Waals surface area contributed by atoms with Crippen LogP contribution in [-0.2, 0) is 16.0 Å². The molecule has 0 radical (unpaired) electrons. The van der Waals surface area contributed by atoms with Crippen LogP contribution in [0.5, 0.6) is 0 Å². The van der Waals surface area contributed by atoms with Crippen molar-refractivity contribution in [1.82, 2.24) is 4.90 Å². The molecular weight excluding hydrogens is 362 g/mol. The van der Waals surface area contributed by atoms with Crippen LogP contribution in [0.2, 0.25) is 0 Å². The van der Waals surface area contributed by atoms with Crippen LogP contribution in [0.15, 0.2) is 48.5 Å². The summed E-state index contributed by atoms with van der Waals surface area (Å²) in [6.07, 6.45) is 1.07. The Morgan fingerprint density at radius 1 is 0.966 bits per heavy atom. The van der Waals surface area contributed by atoms with E-state index in [2.05, 4.69) is 42.3 Å². The summed E-state index contributed by atoms with van der Waals surface area (Å²) in [5.74, 6) is -0.0804. The Morgan fingerprint density at radius 2 is 1.66 bits per heavy atom. The van der Waals surface area contributed by atoms with Crippen LogP contribution < -0.4 is 10.2 Å². The molecule has 2 amide bonds. The van der Waals surface area contributed by atoms with Gasteiger partial charge in [-0.25, -0.2) is 0 Å². The molecule has 0 saturated heterocycles. The second-order valence-corrected chi connectivity index (χ2v) is 7.21. The summed E-state index contributed by atoms with van der Waals surface area (Å²) in [5, 5.41) is 2.99.